The van der Waals surface area contributed by atoms with Crippen molar-refractivity contribution in [3.8, 4) is 5.75 Å². The minimum absolute atomic E-state index is 0.0690. The van der Waals surface area contributed by atoms with Gasteiger partial charge in [0.05, 0.1) is 12.8 Å². The molecule has 1 aromatic heterocycles. The fraction of sp³-hybridized carbons (Fsp3) is 0.333. The van der Waals surface area contributed by atoms with Crippen LogP contribution in [-0.2, 0) is 4.74 Å². The molecule has 1 rings (SSSR count). The Labute approximate surface area is 99.3 Å². The van der Waals surface area contributed by atoms with E-state index < -0.39 is 18.1 Å². The number of carbonyl (C=O) groups is 1. The summed E-state index contributed by atoms with van der Waals surface area (Å²) in [5.41, 5.74) is -0.282. The smallest absolute Gasteiger partial charge is 0.462 e. The highest BCUT2D eigenvalue weighted by Gasteiger charge is 2.31. The van der Waals surface area contributed by atoms with Gasteiger partial charge in [-0.3, -0.25) is 0 Å². The number of hydrogen-bond donors (Lipinski definition) is 0. The minimum Gasteiger partial charge on any atom is -0.462 e. The monoisotopic (exact) mass is 269 g/mol. The van der Waals surface area contributed by atoms with E-state index in [0.717, 1.165) is 12.3 Å². The van der Waals surface area contributed by atoms with E-state index in [-0.39, 0.29) is 17.3 Å². The van der Waals surface area contributed by atoms with Gasteiger partial charge in [-0.25, -0.2) is 9.78 Å². The molecule has 4 nitrogen and oxygen atoms in total. The SMILES string of the molecule is CCOC(=O)c1cc(OC(F)(F)F)cnc1Cl. The summed E-state index contributed by atoms with van der Waals surface area (Å²) < 4.78 is 44.0. The molecule has 0 spiro atoms. The van der Waals surface area contributed by atoms with Crippen LogP contribution in [0.4, 0.5) is 13.2 Å². The first-order valence-electron chi connectivity index (χ1n) is 4.42. The van der Waals surface area contributed by atoms with Crippen LogP contribution in [-0.4, -0.2) is 23.9 Å². The van der Waals surface area contributed by atoms with Crippen LogP contribution in [0.15, 0.2) is 12.3 Å². The Bertz CT molecular complexity index is 422. The molecule has 0 amide bonds. The van der Waals surface area contributed by atoms with Crippen LogP contribution in [0.1, 0.15) is 17.3 Å². The van der Waals surface area contributed by atoms with Gasteiger partial charge in [0, 0.05) is 0 Å². The number of carbonyl (C=O) groups excluding carboxylic acids is 1. The van der Waals surface area contributed by atoms with Gasteiger partial charge in [-0.2, -0.15) is 0 Å². The second-order valence-corrected chi connectivity index (χ2v) is 3.14. The molecule has 0 aliphatic heterocycles. The molecule has 0 bridgehead atoms. The number of halogens is 4. The van der Waals surface area contributed by atoms with E-state index >= 15 is 0 Å². The zero-order valence-corrected chi connectivity index (χ0v) is 9.30. The summed E-state index contributed by atoms with van der Waals surface area (Å²) in [6.45, 7) is 1.62. The summed E-state index contributed by atoms with van der Waals surface area (Å²) in [5.74, 6) is -1.50. The van der Waals surface area contributed by atoms with E-state index in [1.165, 1.54) is 0 Å². The van der Waals surface area contributed by atoms with E-state index in [0.29, 0.717) is 0 Å². The molecule has 94 valence electrons. The van der Waals surface area contributed by atoms with Crippen molar-refractivity contribution in [3.05, 3.63) is 23.0 Å². The largest absolute Gasteiger partial charge is 0.573 e. The summed E-state index contributed by atoms with van der Waals surface area (Å²) in [6.07, 6.45) is -4.10. The number of pyridine rings is 1. The molecule has 0 saturated carbocycles. The molecule has 1 heterocycles. The van der Waals surface area contributed by atoms with Gasteiger partial charge in [-0.1, -0.05) is 11.6 Å². The van der Waals surface area contributed by atoms with Gasteiger partial charge in [-0.05, 0) is 13.0 Å². The van der Waals surface area contributed by atoms with Crippen LogP contribution in [0.2, 0.25) is 5.15 Å². The van der Waals surface area contributed by atoms with Gasteiger partial charge < -0.3 is 9.47 Å². The summed E-state index contributed by atoms with van der Waals surface area (Å²) in [6, 6.07) is 0.820. The highest BCUT2D eigenvalue weighted by Crippen LogP contribution is 2.25. The van der Waals surface area contributed by atoms with Crippen LogP contribution in [0.3, 0.4) is 0 Å². The van der Waals surface area contributed by atoms with Crippen LogP contribution in [0.5, 0.6) is 5.75 Å². The average molecular weight is 270 g/mol. The number of esters is 1. The highest BCUT2D eigenvalue weighted by atomic mass is 35.5. The van der Waals surface area contributed by atoms with Crippen molar-refractivity contribution < 1.29 is 27.4 Å². The molecular formula is C9H7ClF3NO3. The third-order valence-electron chi connectivity index (χ3n) is 1.54. The maximum absolute atomic E-state index is 11.9. The van der Waals surface area contributed by atoms with E-state index in [1.807, 2.05) is 0 Å². The number of alkyl halides is 3. The fourth-order valence-corrected chi connectivity index (χ4v) is 1.15. The van der Waals surface area contributed by atoms with Gasteiger partial charge in [0.1, 0.15) is 16.5 Å². The lowest BCUT2D eigenvalue weighted by molar-refractivity contribution is -0.274. The molecule has 0 aliphatic carbocycles. The highest BCUT2D eigenvalue weighted by molar-refractivity contribution is 6.32. The average Bonchev–Trinajstić information content (AvgIpc) is 2.19. The van der Waals surface area contributed by atoms with Crippen molar-refractivity contribution in [2.75, 3.05) is 6.61 Å². The third kappa shape index (κ3) is 4.10. The second kappa shape index (κ2) is 5.22. The summed E-state index contributed by atoms with van der Waals surface area (Å²) in [4.78, 5) is 14.7. The Balaban J connectivity index is 2.98. The van der Waals surface area contributed by atoms with Gasteiger partial charge in [0.2, 0.25) is 0 Å². The zero-order chi connectivity index (χ0) is 13.1. The summed E-state index contributed by atoms with van der Waals surface area (Å²) >= 11 is 5.55. The first-order chi connectivity index (χ1) is 7.83. The van der Waals surface area contributed by atoms with Gasteiger partial charge >= 0.3 is 12.3 Å². The minimum atomic E-state index is -4.86. The van der Waals surface area contributed by atoms with Crippen molar-refractivity contribution >= 4 is 17.6 Å². The lowest BCUT2D eigenvalue weighted by atomic mass is 10.3. The predicted molar refractivity (Wildman–Crippen MR) is 51.9 cm³/mol. The molecule has 17 heavy (non-hydrogen) atoms. The second-order valence-electron chi connectivity index (χ2n) is 2.78. The first-order valence-corrected chi connectivity index (χ1v) is 4.79. The topological polar surface area (TPSA) is 48.4 Å². The maximum atomic E-state index is 11.9. The summed E-state index contributed by atoms with van der Waals surface area (Å²) in [7, 11) is 0. The Kier molecular flexibility index (Phi) is 4.17. The third-order valence-corrected chi connectivity index (χ3v) is 1.84. The molecule has 0 aliphatic rings. The van der Waals surface area contributed by atoms with Crippen molar-refractivity contribution in [1.82, 2.24) is 4.98 Å². The zero-order valence-electron chi connectivity index (χ0n) is 8.55. The van der Waals surface area contributed by atoms with Crippen LogP contribution in [0.25, 0.3) is 0 Å². The van der Waals surface area contributed by atoms with E-state index in [4.69, 9.17) is 11.6 Å². The molecule has 0 fully saturated rings. The van der Waals surface area contributed by atoms with Gasteiger partial charge in [0.15, 0.2) is 0 Å². The van der Waals surface area contributed by atoms with Crippen LogP contribution in [0, 0.1) is 0 Å². The molecule has 0 saturated heterocycles. The molecular weight excluding hydrogens is 263 g/mol. The van der Waals surface area contributed by atoms with Gasteiger partial charge in [-0.15, -0.1) is 13.2 Å². The molecule has 1 aromatic rings. The van der Waals surface area contributed by atoms with E-state index in [1.54, 1.807) is 6.92 Å². The molecule has 0 unspecified atom stereocenters. The molecule has 0 atom stereocenters. The maximum Gasteiger partial charge on any atom is 0.573 e. The predicted octanol–water partition coefficient (Wildman–Crippen LogP) is 2.81. The molecule has 0 N–H and O–H groups in total. The van der Waals surface area contributed by atoms with Crippen molar-refractivity contribution in [2.24, 2.45) is 0 Å². The lowest BCUT2D eigenvalue weighted by Gasteiger charge is -2.10. The van der Waals surface area contributed by atoms with Crippen LogP contribution >= 0.6 is 11.6 Å². The Morgan fingerprint density at radius 3 is 2.71 bits per heavy atom. The van der Waals surface area contributed by atoms with Crippen molar-refractivity contribution in [2.45, 2.75) is 13.3 Å². The quantitative estimate of drug-likeness (QED) is 0.625. The Morgan fingerprint density at radius 1 is 1.53 bits per heavy atom. The number of rotatable bonds is 3. The van der Waals surface area contributed by atoms with E-state index in [9.17, 15) is 18.0 Å². The number of nitrogens with zero attached hydrogens (tertiary/aromatic N) is 1. The normalized spacial score (nSPS) is 11.1. The fourth-order valence-electron chi connectivity index (χ4n) is 0.970. The number of aromatic nitrogens is 1. The molecule has 8 heteroatoms. The molecule has 0 radical (unpaired) electrons. The van der Waals surface area contributed by atoms with E-state index in [2.05, 4.69) is 14.5 Å². The van der Waals surface area contributed by atoms with Crippen molar-refractivity contribution in [3.63, 3.8) is 0 Å². The first kappa shape index (κ1) is 13.6. The summed E-state index contributed by atoms with van der Waals surface area (Å²) in [5, 5.41) is -0.252. The Morgan fingerprint density at radius 2 is 2.18 bits per heavy atom. The number of ether oxygens (including phenoxy) is 2. The van der Waals surface area contributed by atoms with Crippen LogP contribution < -0.4 is 4.74 Å². The van der Waals surface area contributed by atoms with Crippen molar-refractivity contribution in [1.29, 1.82) is 0 Å². The Hall–Kier alpha value is -1.50. The van der Waals surface area contributed by atoms with Gasteiger partial charge in [0.25, 0.3) is 0 Å². The standard InChI is InChI=1S/C9H7ClF3NO3/c1-2-16-8(15)6-3-5(4-14-7(6)10)17-9(11,12)13/h3-4H,2H2,1H3. The number of hydrogen-bond acceptors (Lipinski definition) is 4. The molecule has 0 aromatic carbocycles. The lowest BCUT2D eigenvalue weighted by Crippen LogP contribution is -2.18.